The van der Waals surface area contributed by atoms with Crippen LogP contribution in [-0.2, 0) is 0 Å². The molecule has 2 aromatic rings. The van der Waals surface area contributed by atoms with E-state index < -0.39 is 0 Å². The van der Waals surface area contributed by atoms with Crippen molar-refractivity contribution in [1.29, 1.82) is 0 Å². The zero-order chi connectivity index (χ0) is 11.0. The Labute approximate surface area is 114 Å². The third-order valence-electron chi connectivity index (χ3n) is 2.15. The van der Waals surface area contributed by atoms with Crippen LogP contribution in [0.15, 0.2) is 22.1 Å². The summed E-state index contributed by atoms with van der Waals surface area (Å²) in [5, 5.41) is 6.34. The van der Waals surface area contributed by atoms with E-state index in [-0.39, 0.29) is 6.04 Å². The molecule has 0 aromatic carbocycles. The Balaban J connectivity index is 2.36. The van der Waals surface area contributed by atoms with E-state index in [9.17, 15) is 0 Å². The fourth-order valence-electron chi connectivity index (χ4n) is 1.33. The van der Waals surface area contributed by atoms with Crippen molar-refractivity contribution in [2.75, 3.05) is 5.73 Å². The van der Waals surface area contributed by atoms with Crippen LogP contribution in [0.25, 0.3) is 0 Å². The number of nitrogens with two attached hydrogens (primary N) is 1. The van der Waals surface area contributed by atoms with Gasteiger partial charge in [-0.05, 0) is 51.5 Å². The number of rotatable bonds is 2. The quantitative estimate of drug-likeness (QED) is 0.788. The molecule has 0 aliphatic rings. The van der Waals surface area contributed by atoms with Gasteiger partial charge in [-0.3, -0.25) is 0 Å². The molecular formula is C9H9BrIN3S. The van der Waals surface area contributed by atoms with Gasteiger partial charge < -0.3 is 5.73 Å². The van der Waals surface area contributed by atoms with Gasteiger partial charge in [0.15, 0.2) is 0 Å². The first-order chi connectivity index (χ1) is 7.09. The second kappa shape index (κ2) is 4.42. The van der Waals surface area contributed by atoms with Gasteiger partial charge in [-0.15, -0.1) is 11.3 Å². The highest BCUT2D eigenvalue weighted by molar-refractivity contribution is 14.1. The minimum Gasteiger partial charge on any atom is -0.383 e. The van der Waals surface area contributed by atoms with Crippen molar-refractivity contribution in [3.63, 3.8) is 0 Å². The Morgan fingerprint density at radius 1 is 1.67 bits per heavy atom. The van der Waals surface area contributed by atoms with Crippen LogP contribution < -0.4 is 5.73 Å². The molecule has 0 fully saturated rings. The fraction of sp³-hybridized carbons (Fsp3) is 0.222. The van der Waals surface area contributed by atoms with Crippen LogP contribution in [0.5, 0.6) is 0 Å². The van der Waals surface area contributed by atoms with E-state index in [2.05, 4.69) is 62.0 Å². The molecule has 0 bridgehead atoms. The molecule has 2 rings (SSSR count). The van der Waals surface area contributed by atoms with E-state index in [1.807, 2.05) is 4.68 Å². The second-order valence-corrected chi connectivity index (χ2v) is 6.19. The van der Waals surface area contributed by atoms with Crippen LogP contribution in [0.3, 0.4) is 0 Å². The monoisotopic (exact) mass is 397 g/mol. The molecule has 0 spiro atoms. The highest BCUT2D eigenvalue weighted by Gasteiger charge is 2.14. The van der Waals surface area contributed by atoms with Gasteiger partial charge in [0, 0.05) is 14.7 Å². The summed E-state index contributed by atoms with van der Waals surface area (Å²) >= 11 is 7.34. The second-order valence-electron chi connectivity index (χ2n) is 3.17. The van der Waals surface area contributed by atoms with Gasteiger partial charge in [0.05, 0.1) is 15.8 Å². The lowest BCUT2D eigenvalue weighted by Crippen LogP contribution is -2.10. The molecule has 15 heavy (non-hydrogen) atoms. The lowest BCUT2D eigenvalue weighted by Gasteiger charge is -2.11. The van der Waals surface area contributed by atoms with Crippen LogP contribution in [0, 0.1) is 3.57 Å². The van der Waals surface area contributed by atoms with Crippen molar-refractivity contribution >= 4 is 55.7 Å². The molecule has 3 nitrogen and oxygen atoms in total. The van der Waals surface area contributed by atoms with Gasteiger partial charge in [0.1, 0.15) is 5.82 Å². The summed E-state index contributed by atoms with van der Waals surface area (Å²) in [7, 11) is 0. The van der Waals surface area contributed by atoms with Gasteiger partial charge in [0.2, 0.25) is 0 Å². The molecule has 0 amide bonds. The van der Waals surface area contributed by atoms with Gasteiger partial charge in [-0.2, -0.15) is 5.10 Å². The molecule has 1 atom stereocenters. The maximum absolute atomic E-state index is 5.93. The van der Waals surface area contributed by atoms with E-state index in [0.717, 1.165) is 13.9 Å². The number of halogens is 2. The summed E-state index contributed by atoms with van der Waals surface area (Å²) in [5.74, 6) is 0.729. The van der Waals surface area contributed by atoms with Crippen molar-refractivity contribution < 1.29 is 0 Å². The predicted octanol–water partition coefficient (Wildman–Crippen LogP) is 3.50. The number of hydrogen-bond acceptors (Lipinski definition) is 3. The zero-order valence-electron chi connectivity index (χ0n) is 7.95. The van der Waals surface area contributed by atoms with Crippen LogP contribution in [0.2, 0.25) is 0 Å². The summed E-state index contributed by atoms with van der Waals surface area (Å²) < 4.78 is 3.95. The topological polar surface area (TPSA) is 43.8 Å². The lowest BCUT2D eigenvalue weighted by molar-refractivity contribution is 0.581. The normalized spacial score (nSPS) is 13.0. The largest absolute Gasteiger partial charge is 0.383 e. The zero-order valence-corrected chi connectivity index (χ0v) is 12.5. The third-order valence-corrected chi connectivity index (χ3v) is 4.85. The number of thiophene rings is 1. The molecule has 0 aliphatic carbocycles. The lowest BCUT2D eigenvalue weighted by atomic mass is 10.3. The maximum atomic E-state index is 5.93. The van der Waals surface area contributed by atoms with Gasteiger partial charge in [-0.25, -0.2) is 4.68 Å². The molecular weight excluding hydrogens is 389 g/mol. The van der Waals surface area contributed by atoms with E-state index in [4.69, 9.17) is 5.73 Å². The van der Waals surface area contributed by atoms with Gasteiger partial charge in [-0.1, -0.05) is 0 Å². The number of nitrogen functional groups attached to an aromatic ring is 1. The Bertz CT molecular complexity index is 479. The first-order valence-corrected chi connectivity index (χ1v) is 7.07. The van der Waals surface area contributed by atoms with Gasteiger partial charge in [0.25, 0.3) is 0 Å². The minimum absolute atomic E-state index is 0.185. The maximum Gasteiger partial charge on any atom is 0.135 e. The van der Waals surface area contributed by atoms with Crippen LogP contribution in [-0.4, -0.2) is 9.78 Å². The molecule has 0 radical (unpaired) electrons. The van der Waals surface area contributed by atoms with Crippen molar-refractivity contribution in [1.82, 2.24) is 9.78 Å². The summed E-state index contributed by atoms with van der Waals surface area (Å²) in [6.45, 7) is 2.09. The Hall–Kier alpha value is -0.0800. The van der Waals surface area contributed by atoms with Crippen LogP contribution in [0.4, 0.5) is 5.82 Å². The highest BCUT2D eigenvalue weighted by atomic mass is 127. The van der Waals surface area contributed by atoms with Crippen molar-refractivity contribution in [2.45, 2.75) is 13.0 Å². The number of aromatic nitrogens is 2. The molecule has 2 aromatic heterocycles. The first-order valence-electron chi connectivity index (χ1n) is 4.32. The van der Waals surface area contributed by atoms with E-state index in [1.54, 1.807) is 17.5 Å². The summed E-state index contributed by atoms with van der Waals surface area (Å²) in [4.78, 5) is 1.24. The Kier molecular flexibility index (Phi) is 3.36. The Morgan fingerprint density at radius 2 is 2.40 bits per heavy atom. The van der Waals surface area contributed by atoms with Crippen molar-refractivity contribution in [3.8, 4) is 0 Å². The van der Waals surface area contributed by atoms with Crippen molar-refractivity contribution in [2.24, 2.45) is 0 Å². The van der Waals surface area contributed by atoms with Crippen molar-refractivity contribution in [3.05, 3.63) is 30.6 Å². The molecule has 80 valence electrons. The third kappa shape index (κ3) is 2.21. The SMILES string of the molecule is CC(c1cc(Br)cs1)n1ncc(I)c1N. The average Bonchev–Trinajstić information content (AvgIpc) is 2.75. The molecule has 1 unspecified atom stereocenters. The molecule has 0 saturated heterocycles. The van der Waals surface area contributed by atoms with Gasteiger partial charge >= 0.3 is 0 Å². The summed E-state index contributed by atoms with van der Waals surface area (Å²) in [6.07, 6.45) is 1.79. The van der Waals surface area contributed by atoms with E-state index >= 15 is 0 Å². The molecule has 2 N–H and O–H groups in total. The number of hydrogen-bond donors (Lipinski definition) is 1. The molecule has 0 aliphatic heterocycles. The molecule has 2 heterocycles. The molecule has 6 heteroatoms. The summed E-state index contributed by atoms with van der Waals surface area (Å²) in [5.41, 5.74) is 5.93. The Morgan fingerprint density at radius 3 is 2.87 bits per heavy atom. The molecule has 0 saturated carbocycles. The van der Waals surface area contributed by atoms with Crippen LogP contribution in [0.1, 0.15) is 17.8 Å². The number of anilines is 1. The number of nitrogens with zero attached hydrogens (tertiary/aromatic N) is 2. The van der Waals surface area contributed by atoms with Crippen LogP contribution >= 0.6 is 49.9 Å². The fourth-order valence-corrected chi connectivity index (χ4v) is 3.19. The van der Waals surface area contributed by atoms with E-state index in [1.165, 1.54) is 4.88 Å². The predicted molar refractivity (Wildman–Crippen MR) is 75.2 cm³/mol. The smallest absolute Gasteiger partial charge is 0.135 e. The highest BCUT2D eigenvalue weighted by Crippen LogP contribution is 2.29. The summed E-state index contributed by atoms with van der Waals surface area (Å²) in [6, 6.07) is 2.29. The minimum atomic E-state index is 0.185. The average molecular weight is 398 g/mol. The first kappa shape index (κ1) is 11.4. The standard InChI is InChI=1S/C9H9BrIN3S/c1-5(8-2-6(10)4-15-8)14-9(12)7(11)3-13-14/h2-5H,12H2,1H3. The van der Waals surface area contributed by atoms with E-state index in [0.29, 0.717) is 0 Å².